The summed E-state index contributed by atoms with van der Waals surface area (Å²) in [5.74, 6) is -0.978. The fraction of sp³-hybridized carbons (Fsp3) is 0.286. The van der Waals surface area contributed by atoms with Gasteiger partial charge in [-0.15, -0.1) is 0 Å². The number of hydrogen-bond donors (Lipinski definition) is 2. The minimum atomic E-state index is -0.691. The van der Waals surface area contributed by atoms with E-state index in [-0.39, 0.29) is 30.9 Å². The molecule has 1 atom stereocenters. The minimum absolute atomic E-state index is 0.186. The lowest BCUT2D eigenvalue weighted by Gasteiger charge is -2.29. The summed E-state index contributed by atoms with van der Waals surface area (Å²) in [7, 11) is 0. The molecular formula is C21H22N2O5S. The van der Waals surface area contributed by atoms with Crippen LogP contribution in [0.3, 0.4) is 0 Å². The summed E-state index contributed by atoms with van der Waals surface area (Å²) in [5.41, 5.74) is 2.25. The van der Waals surface area contributed by atoms with Gasteiger partial charge in [-0.25, -0.2) is 9.59 Å². The third-order valence-corrected chi connectivity index (χ3v) is 5.09. The number of benzene rings is 1. The van der Waals surface area contributed by atoms with Gasteiger partial charge in [0, 0.05) is 6.42 Å². The minimum Gasteiger partial charge on any atom is -0.463 e. The molecule has 0 bridgehead atoms. The van der Waals surface area contributed by atoms with Crippen LogP contribution in [-0.4, -0.2) is 31.2 Å². The fourth-order valence-corrected chi connectivity index (χ4v) is 3.69. The Morgan fingerprint density at radius 3 is 2.62 bits per heavy atom. The number of urea groups is 1. The number of esters is 2. The van der Waals surface area contributed by atoms with Crippen LogP contribution in [0.2, 0.25) is 0 Å². The summed E-state index contributed by atoms with van der Waals surface area (Å²) >= 11 is 1.57. The number of thiophene rings is 1. The highest BCUT2D eigenvalue weighted by Gasteiger charge is 2.34. The van der Waals surface area contributed by atoms with E-state index in [2.05, 4.69) is 10.6 Å². The Morgan fingerprint density at radius 1 is 1.14 bits per heavy atom. The van der Waals surface area contributed by atoms with Crippen LogP contribution in [0.5, 0.6) is 0 Å². The summed E-state index contributed by atoms with van der Waals surface area (Å²) in [6, 6.07) is 9.87. The van der Waals surface area contributed by atoms with Crippen LogP contribution in [0.25, 0.3) is 0 Å². The summed E-state index contributed by atoms with van der Waals surface area (Å²) in [5, 5.41) is 9.25. The molecule has 2 heterocycles. The Hall–Kier alpha value is -3.13. The van der Waals surface area contributed by atoms with Crippen LogP contribution >= 0.6 is 11.3 Å². The molecule has 0 radical (unpaired) electrons. The van der Waals surface area contributed by atoms with Gasteiger partial charge in [-0.1, -0.05) is 30.3 Å². The van der Waals surface area contributed by atoms with Crippen molar-refractivity contribution in [2.24, 2.45) is 0 Å². The topological polar surface area (TPSA) is 93.7 Å². The highest BCUT2D eigenvalue weighted by atomic mass is 32.1. The van der Waals surface area contributed by atoms with Crippen LogP contribution in [0.15, 0.2) is 58.4 Å². The predicted molar refractivity (Wildman–Crippen MR) is 108 cm³/mol. The van der Waals surface area contributed by atoms with E-state index < -0.39 is 24.0 Å². The smallest absolute Gasteiger partial charge is 0.338 e. The molecule has 8 heteroatoms. The number of aryl methyl sites for hydroxylation is 1. The third-order valence-electron chi connectivity index (χ3n) is 4.36. The van der Waals surface area contributed by atoms with E-state index in [0.717, 1.165) is 11.1 Å². The zero-order valence-corrected chi connectivity index (χ0v) is 16.8. The lowest BCUT2D eigenvalue weighted by molar-refractivity contribution is -0.143. The highest BCUT2D eigenvalue weighted by Crippen LogP contribution is 2.27. The van der Waals surface area contributed by atoms with Gasteiger partial charge in [-0.2, -0.15) is 11.3 Å². The van der Waals surface area contributed by atoms with Crippen molar-refractivity contribution in [3.63, 3.8) is 0 Å². The first-order valence-electron chi connectivity index (χ1n) is 9.27. The van der Waals surface area contributed by atoms with Crippen molar-refractivity contribution in [3.05, 3.63) is 69.6 Å². The number of rotatable bonds is 8. The molecule has 1 aliphatic rings. The van der Waals surface area contributed by atoms with Crippen LogP contribution in [0.4, 0.5) is 4.79 Å². The zero-order chi connectivity index (χ0) is 20.6. The van der Waals surface area contributed by atoms with Gasteiger partial charge in [0.25, 0.3) is 0 Å². The quantitative estimate of drug-likeness (QED) is 0.648. The third kappa shape index (κ3) is 5.45. The SMILES string of the molecule is CCOC(=O)C1=C(COC(=O)CCc2ccsc2)NC(=O)N[C@@H]1c1ccccc1. The highest BCUT2D eigenvalue weighted by molar-refractivity contribution is 7.07. The van der Waals surface area contributed by atoms with E-state index in [0.29, 0.717) is 6.42 Å². The Kier molecular flexibility index (Phi) is 7.02. The molecule has 1 aromatic heterocycles. The first kappa shape index (κ1) is 20.6. The Labute approximate surface area is 172 Å². The first-order chi connectivity index (χ1) is 14.1. The van der Waals surface area contributed by atoms with E-state index >= 15 is 0 Å². The van der Waals surface area contributed by atoms with Crippen molar-refractivity contribution in [1.82, 2.24) is 10.6 Å². The van der Waals surface area contributed by atoms with E-state index in [4.69, 9.17) is 9.47 Å². The number of amides is 2. The molecule has 152 valence electrons. The van der Waals surface area contributed by atoms with Crippen molar-refractivity contribution >= 4 is 29.3 Å². The summed E-state index contributed by atoms with van der Waals surface area (Å²) in [4.78, 5) is 36.9. The van der Waals surface area contributed by atoms with E-state index in [1.54, 1.807) is 30.4 Å². The van der Waals surface area contributed by atoms with Gasteiger partial charge < -0.3 is 20.1 Å². The maximum Gasteiger partial charge on any atom is 0.338 e. The maximum atomic E-state index is 12.6. The van der Waals surface area contributed by atoms with Crippen LogP contribution in [-0.2, 0) is 25.5 Å². The first-order valence-corrected chi connectivity index (χ1v) is 10.2. The number of carbonyl (C=O) groups excluding carboxylic acids is 3. The summed E-state index contributed by atoms with van der Waals surface area (Å²) in [6.07, 6.45) is 0.791. The zero-order valence-electron chi connectivity index (χ0n) is 16.0. The maximum absolute atomic E-state index is 12.6. The second-order valence-electron chi connectivity index (χ2n) is 6.35. The molecule has 29 heavy (non-hydrogen) atoms. The van der Waals surface area contributed by atoms with Gasteiger partial charge in [0.05, 0.1) is 23.9 Å². The molecule has 1 aliphatic heterocycles. The molecule has 7 nitrogen and oxygen atoms in total. The van der Waals surface area contributed by atoms with E-state index in [1.165, 1.54) is 0 Å². The molecular weight excluding hydrogens is 392 g/mol. The molecule has 2 N–H and O–H groups in total. The van der Waals surface area contributed by atoms with Crippen LogP contribution in [0.1, 0.15) is 30.5 Å². The molecule has 0 fully saturated rings. The van der Waals surface area contributed by atoms with Crippen molar-refractivity contribution in [2.75, 3.05) is 13.2 Å². The van der Waals surface area contributed by atoms with Gasteiger partial charge in [0.15, 0.2) is 0 Å². The fourth-order valence-electron chi connectivity index (χ4n) is 2.98. The summed E-state index contributed by atoms with van der Waals surface area (Å²) in [6.45, 7) is 1.67. The van der Waals surface area contributed by atoms with E-state index in [1.807, 2.05) is 35.0 Å². The van der Waals surface area contributed by atoms with Gasteiger partial charge in [-0.05, 0) is 41.3 Å². The van der Waals surface area contributed by atoms with Gasteiger partial charge in [-0.3, -0.25) is 4.79 Å². The van der Waals surface area contributed by atoms with Gasteiger partial charge in [0.2, 0.25) is 0 Å². The monoisotopic (exact) mass is 414 g/mol. The Balaban J connectivity index is 1.77. The number of carbonyl (C=O) groups is 3. The van der Waals surface area contributed by atoms with Crippen molar-refractivity contribution in [1.29, 1.82) is 0 Å². The van der Waals surface area contributed by atoms with Crippen molar-refractivity contribution < 1.29 is 23.9 Å². The second kappa shape index (κ2) is 9.88. The molecule has 0 spiro atoms. The van der Waals surface area contributed by atoms with Crippen molar-refractivity contribution in [3.8, 4) is 0 Å². The summed E-state index contributed by atoms with van der Waals surface area (Å²) < 4.78 is 10.5. The largest absolute Gasteiger partial charge is 0.463 e. The van der Waals surface area contributed by atoms with Gasteiger partial charge >= 0.3 is 18.0 Å². The average Bonchev–Trinajstić information content (AvgIpc) is 3.24. The molecule has 2 aromatic rings. The molecule has 0 saturated heterocycles. The van der Waals surface area contributed by atoms with E-state index in [9.17, 15) is 14.4 Å². The standard InChI is InChI=1S/C21H22N2O5S/c1-2-27-20(25)18-16(12-28-17(24)9-8-14-10-11-29-13-14)22-21(26)23-19(18)15-6-4-3-5-7-15/h3-7,10-11,13,19H,2,8-9,12H2,1H3,(H2,22,23,26)/t19-/m1/s1. The average molecular weight is 414 g/mol. The molecule has 0 aliphatic carbocycles. The normalized spacial score (nSPS) is 16.0. The van der Waals surface area contributed by atoms with Gasteiger partial charge in [0.1, 0.15) is 6.61 Å². The Morgan fingerprint density at radius 2 is 1.93 bits per heavy atom. The second-order valence-corrected chi connectivity index (χ2v) is 7.13. The number of hydrogen-bond acceptors (Lipinski definition) is 6. The number of ether oxygens (including phenoxy) is 2. The molecule has 2 amide bonds. The van der Waals surface area contributed by atoms with Crippen molar-refractivity contribution in [2.45, 2.75) is 25.8 Å². The number of nitrogens with one attached hydrogen (secondary N) is 2. The molecule has 0 saturated carbocycles. The molecule has 3 rings (SSSR count). The molecule has 1 aromatic carbocycles. The van der Waals surface area contributed by atoms with Crippen LogP contribution < -0.4 is 10.6 Å². The van der Waals surface area contributed by atoms with Crippen LogP contribution in [0, 0.1) is 0 Å². The Bertz CT molecular complexity index is 893. The predicted octanol–water partition coefficient (Wildman–Crippen LogP) is 3.10. The lowest BCUT2D eigenvalue weighted by atomic mass is 9.95. The molecule has 0 unspecified atom stereocenters. The lowest BCUT2D eigenvalue weighted by Crippen LogP contribution is -2.47.